The lowest BCUT2D eigenvalue weighted by atomic mass is 9.79. The summed E-state index contributed by atoms with van der Waals surface area (Å²) in [6.07, 6.45) is 1.07. The van der Waals surface area contributed by atoms with Gasteiger partial charge in [0.2, 0.25) is 0 Å². The van der Waals surface area contributed by atoms with Gasteiger partial charge in [-0.15, -0.1) is 0 Å². The minimum absolute atomic E-state index is 0.0339. The van der Waals surface area contributed by atoms with Crippen LogP contribution in [0.25, 0.3) is 10.9 Å². The molecule has 2 aromatic carbocycles. The molecular formula is C21H18BF5N2O2S. The fourth-order valence-corrected chi connectivity index (χ4v) is 5.21. The molecule has 11 heteroatoms. The summed E-state index contributed by atoms with van der Waals surface area (Å²) in [5, 5.41) is 0.277. The predicted molar refractivity (Wildman–Crippen MR) is 112 cm³/mol. The second-order valence-corrected chi connectivity index (χ2v) is 9.96. The second kappa shape index (κ2) is 6.97. The van der Waals surface area contributed by atoms with Gasteiger partial charge >= 0.3 is 11.8 Å². The van der Waals surface area contributed by atoms with Crippen LogP contribution in [0.5, 0.6) is 0 Å². The summed E-state index contributed by atoms with van der Waals surface area (Å²) in [7, 11) is 1.13. The van der Waals surface area contributed by atoms with Gasteiger partial charge in [-0.2, -0.15) is 17.6 Å². The molecule has 0 aliphatic carbocycles. The standard InChI is InChI=1S/C21H18BF5N2O2S/c1-13-4-3-5-16-18(13)17(28-11-20(24,25)21(26,27)12-28)10-29(16)32(30,31)15-8-6-14(7-9-15)19(2,22)23/h3-10H,11-12H2,1-2H3. The van der Waals surface area contributed by atoms with Crippen molar-refractivity contribution in [2.75, 3.05) is 18.0 Å². The van der Waals surface area contributed by atoms with E-state index in [1.165, 1.54) is 30.3 Å². The SMILES string of the molecule is [B]C(C)(F)c1ccc(S(=O)(=O)n2cc(N3CC(F)(F)C(F)(F)C3)c3c(C)cccc32)cc1. The molecule has 1 aliphatic heterocycles. The highest BCUT2D eigenvalue weighted by Gasteiger charge is 2.63. The topological polar surface area (TPSA) is 42.3 Å². The van der Waals surface area contributed by atoms with E-state index < -0.39 is 40.5 Å². The summed E-state index contributed by atoms with van der Waals surface area (Å²) in [5.74, 6) is -8.50. The van der Waals surface area contributed by atoms with Gasteiger partial charge in [-0.1, -0.05) is 24.3 Å². The van der Waals surface area contributed by atoms with Crippen LogP contribution in [-0.4, -0.2) is 45.2 Å². The van der Waals surface area contributed by atoms with Crippen molar-refractivity contribution in [2.45, 2.75) is 36.2 Å². The molecule has 0 amide bonds. The first kappa shape index (κ1) is 22.6. The van der Waals surface area contributed by atoms with Crippen molar-refractivity contribution >= 4 is 34.5 Å². The van der Waals surface area contributed by atoms with Crippen LogP contribution < -0.4 is 4.90 Å². The Hall–Kier alpha value is -2.56. The number of nitrogens with zero attached hydrogens (tertiary/aromatic N) is 2. The number of benzene rings is 2. The zero-order chi connectivity index (χ0) is 23.7. The van der Waals surface area contributed by atoms with Crippen molar-refractivity contribution in [1.82, 2.24) is 3.97 Å². The molecule has 1 unspecified atom stereocenters. The number of halogens is 5. The van der Waals surface area contributed by atoms with E-state index in [4.69, 9.17) is 7.85 Å². The van der Waals surface area contributed by atoms with Crippen LogP contribution in [0.4, 0.5) is 27.6 Å². The van der Waals surface area contributed by atoms with Crippen molar-refractivity contribution in [1.29, 1.82) is 0 Å². The van der Waals surface area contributed by atoms with Gasteiger partial charge in [-0.3, -0.25) is 4.39 Å². The van der Waals surface area contributed by atoms with Crippen LogP contribution in [0.1, 0.15) is 18.1 Å². The summed E-state index contributed by atoms with van der Waals surface area (Å²) in [5.41, 5.74) is -1.45. The fraction of sp³-hybridized carbons (Fsp3) is 0.333. The van der Waals surface area contributed by atoms with E-state index in [2.05, 4.69) is 0 Å². The van der Waals surface area contributed by atoms with Crippen molar-refractivity contribution in [3.63, 3.8) is 0 Å². The molecule has 1 saturated heterocycles. The molecule has 4 nitrogen and oxygen atoms in total. The van der Waals surface area contributed by atoms with Gasteiger partial charge in [-0.05, 0) is 43.2 Å². The third-order valence-corrected chi connectivity index (χ3v) is 7.30. The maximum Gasteiger partial charge on any atom is 0.329 e. The molecule has 168 valence electrons. The summed E-state index contributed by atoms with van der Waals surface area (Å²) >= 11 is 0. The van der Waals surface area contributed by atoms with Gasteiger partial charge in [0.15, 0.2) is 0 Å². The minimum Gasteiger partial charge on any atom is -0.357 e. The zero-order valence-corrected chi connectivity index (χ0v) is 17.9. The normalized spacial score (nSPS) is 19.9. The number of fused-ring (bicyclic) bond motifs is 1. The first-order valence-electron chi connectivity index (χ1n) is 9.60. The molecule has 0 spiro atoms. The molecule has 1 fully saturated rings. The van der Waals surface area contributed by atoms with Gasteiger partial charge in [0.1, 0.15) is 7.85 Å². The summed E-state index contributed by atoms with van der Waals surface area (Å²) in [4.78, 5) is 0.598. The maximum atomic E-state index is 13.9. The number of aromatic nitrogens is 1. The van der Waals surface area contributed by atoms with Crippen LogP contribution in [-0.2, 0) is 15.6 Å². The molecule has 0 saturated carbocycles. The number of rotatable bonds is 4. The van der Waals surface area contributed by atoms with Crippen LogP contribution in [0, 0.1) is 6.92 Å². The van der Waals surface area contributed by atoms with Crippen LogP contribution in [0.2, 0.25) is 0 Å². The predicted octanol–water partition coefficient (Wildman–Crippen LogP) is 4.59. The van der Waals surface area contributed by atoms with Crippen molar-refractivity contribution < 1.29 is 30.4 Å². The van der Waals surface area contributed by atoms with E-state index in [-0.39, 0.29) is 27.0 Å². The van der Waals surface area contributed by atoms with Crippen LogP contribution >= 0.6 is 0 Å². The molecule has 32 heavy (non-hydrogen) atoms. The van der Waals surface area contributed by atoms with Crippen LogP contribution in [0.15, 0.2) is 53.6 Å². The number of alkyl halides is 5. The first-order chi connectivity index (χ1) is 14.6. The Morgan fingerprint density at radius 3 is 2.09 bits per heavy atom. The van der Waals surface area contributed by atoms with Gasteiger partial charge in [0.05, 0.1) is 34.8 Å². The lowest BCUT2D eigenvalue weighted by Crippen LogP contribution is -2.38. The Morgan fingerprint density at radius 2 is 1.56 bits per heavy atom. The summed E-state index contributed by atoms with van der Waals surface area (Å²) in [6, 6.07) is 9.48. The third kappa shape index (κ3) is 3.46. The quantitative estimate of drug-likeness (QED) is 0.416. The van der Waals surface area contributed by atoms with Crippen molar-refractivity contribution in [2.24, 2.45) is 0 Å². The summed E-state index contributed by atoms with van der Waals surface area (Å²) in [6.45, 7) is 0.265. The fourth-order valence-electron chi connectivity index (χ4n) is 3.86. The molecular weight excluding hydrogens is 450 g/mol. The average Bonchev–Trinajstić information content (AvgIpc) is 3.17. The number of hydrogen-bond acceptors (Lipinski definition) is 3. The highest BCUT2D eigenvalue weighted by Crippen LogP contribution is 2.45. The largest absolute Gasteiger partial charge is 0.357 e. The molecule has 2 radical (unpaired) electrons. The lowest BCUT2D eigenvalue weighted by molar-refractivity contribution is -0.172. The molecule has 0 N–H and O–H groups in total. The number of hydrogen-bond donors (Lipinski definition) is 0. The van der Waals surface area contributed by atoms with Gasteiger partial charge in [-0.25, -0.2) is 12.4 Å². The van der Waals surface area contributed by atoms with E-state index >= 15 is 0 Å². The van der Waals surface area contributed by atoms with Gasteiger partial charge < -0.3 is 4.90 Å². The molecule has 0 bridgehead atoms. The van der Waals surface area contributed by atoms with Crippen molar-refractivity contribution in [3.8, 4) is 0 Å². The smallest absolute Gasteiger partial charge is 0.329 e. The second-order valence-electron chi connectivity index (χ2n) is 8.15. The zero-order valence-electron chi connectivity index (χ0n) is 17.1. The monoisotopic (exact) mass is 468 g/mol. The third-order valence-electron chi connectivity index (χ3n) is 5.61. The molecule has 1 aliphatic rings. The number of anilines is 1. The average molecular weight is 468 g/mol. The van der Waals surface area contributed by atoms with Crippen LogP contribution in [0.3, 0.4) is 0 Å². The van der Waals surface area contributed by atoms with E-state index in [1.807, 2.05) is 0 Å². The Labute approximate surface area is 183 Å². The van der Waals surface area contributed by atoms with Gasteiger partial charge in [0.25, 0.3) is 10.0 Å². The highest BCUT2D eigenvalue weighted by atomic mass is 32.2. The lowest BCUT2D eigenvalue weighted by Gasteiger charge is -2.16. The van der Waals surface area contributed by atoms with Gasteiger partial charge in [0, 0.05) is 11.6 Å². The first-order valence-corrected chi connectivity index (χ1v) is 11.0. The van der Waals surface area contributed by atoms with E-state index in [1.54, 1.807) is 19.1 Å². The molecule has 2 heterocycles. The highest BCUT2D eigenvalue weighted by molar-refractivity contribution is 7.90. The Balaban J connectivity index is 1.87. The molecule has 3 aromatic rings. The minimum atomic E-state index is -4.26. The molecule has 1 atom stereocenters. The van der Waals surface area contributed by atoms with E-state index in [9.17, 15) is 30.4 Å². The van der Waals surface area contributed by atoms with E-state index in [0.717, 1.165) is 22.0 Å². The van der Waals surface area contributed by atoms with Crippen molar-refractivity contribution in [3.05, 3.63) is 59.8 Å². The summed E-state index contributed by atoms with van der Waals surface area (Å²) < 4.78 is 96.8. The molecule has 4 rings (SSSR count). The Kier molecular flexibility index (Phi) is 4.93. The Bertz CT molecular complexity index is 1280. The maximum absolute atomic E-state index is 13.9. The Morgan fingerprint density at radius 1 is 1.00 bits per heavy atom. The van der Waals surface area contributed by atoms with E-state index in [0.29, 0.717) is 5.56 Å². The molecule has 1 aromatic heterocycles. The number of aryl methyl sites for hydroxylation is 1.